The van der Waals surface area contributed by atoms with Crippen LogP contribution in [0.15, 0.2) is 42.5 Å². The standard InChI is InChI=1S/C18H16Cl3NO3/c1-24-15-9-10-16(25-2)13(11-15)6-3-12-4-7-14(8-5-12)22-17(23)18(19,20)21/h3-11H,1-2H3,(H,22,23). The van der Waals surface area contributed by atoms with Crippen molar-refractivity contribution in [2.45, 2.75) is 3.79 Å². The Kier molecular flexibility index (Phi) is 6.59. The lowest BCUT2D eigenvalue weighted by Gasteiger charge is -2.11. The van der Waals surface area contributed by atoms with Gasteiger partial charge >= 0.3 is 0 Å². The second-order valence-electron chi connectivity index (χ2n) is 5.02. The summed E-state index contributed by atoms with van der Waals surface area (Å²) in [6.07, 6.45) is 3.83. The number of hydrogen-bond acceptors (Lipinski definition) is 3. The molecule has 0 aromatic heterocycles. The van der Waals surface area contributed by atoms with Gasteiger partial charge in [-0.3, -0.25) is 4.79 Å². The molecule has 1 amide bonds. The van der Waals surface area contributed by atoms with Crippen molar-refractivity contribution in [3.05, 3.63) is 53.6 Å². The molecule has 0 aliphatic carbocycles. The van der Waals surface area contributed by atoms with Crippen LogP contribution in [0.5, 0.6) is 11.5 Å². The zero-order valence-corrected chi connectivity index (χ0v) is 15.8. The highest BCUT2D eigenvalue weighted by Gasteiger charge is 2.30. The molecule has 4 nitrogen and oxygen atoms in total. The first-order chi connectivity index (χ1) is 11.8. The first-order valence-corrected chi connectivity index (χ1v) is 8.35. The zero-order chi connectivity index (χ0) is 18.4. The number of methoxy groups -OCH3 is 2. The lowest BCUT2D eigenvalue weighted by atomic mass is 10.1. The van der Waals surface area contributed by atoms with Gasteiger partial charge in [0.2, 0.25) is 0 Å². The molecular weight excluding hydrogens is 385 g/mol. The minimum Gasteiger partial charge on any atom is -0.497 e. The summed E-state index contributed by atoms with van der Waals surface area (Å²) in [5, 5.41) is 2.52. The number of alkyl halides is 3. The summed E-state index contributed by atoms with van der Waals surface area (Å²) < 4.78 is 8.56. The summed E-state index contributed by atoms with van der Waals surface area (Å²) in [6, 6.07) is 12.7. The van der Waals surface area contributed by atoms with Gasteiger partial charge in [-0.05, 0) is 35.9 Å². The molecule has 0 aliphatic rings. The Labute approximate surface area is 161 Å². The monoisotopic (exact) mass is 399 g/mol. The van der Waals surface area contributed by atoms with E-state index in [4.69, 9.17) is 44.3 Å². The van der Waals surface area contributed by atoms with E-state index in [1.54, 1.807) is 26.4 Å². The molecule has 25 heavy (non-hydrogen) atoms. The topological polar surface area (TPSA) is 47.6 Å². The second-order valence-corrected chi connectivity index (χ2v) is 7.30. The van der Waals surface area contributed by atoms with E-state index >= 15 is 0 Å². The van der Waals surface area contributed by atoms with E-state index in [2.05, 4.69) is 5.32 Å². The van der Waals surface area contributed by atoms with Crippen molar-refractivity contribution in [1.29, 1.82) is 0 Å². The minimum atomic E-state index is -2.00. The molecule has 0 aliphatic heterocycles. The highest BCUT2D eigenvalue weighted by atomic mass is 35.6. The van der Waals surface area contributed by atoms with Crippen molar-refractivity contribution >= 4 is 58.5 Å². The third-order valence-electron chi connectivity index (χ3n) is 3.32. The van der Waals surface area contributed by atoms with Crippen molar-refractivity contribution in [1.82, 2.24) is 0 Å². The van der Waals surface area contributed by atoms with Crippen LogP contribution in [0.1, 0.15) is 11.1 Å². The van der Waals surface area contributed by atoms with Crippen LogP contribution in [0.2, 0.25) is 0 Å². The van der Waals surface area contributed by atoms with Gasteiger partial charge in [0.1, 0.15) is 11.5 Å². The summed E-state index contributed by atoms with van der Waals surface area (Å²) in [6.45, 7) is 0. The number of amides is 1. The Morgan fingerprint density at radius 1 is 1.00 bits per heavy atom. The van der Waals surface area contributed by atoms with E-state index in [0.29, 0.717) is 5.69 Å². The summed E-state index contributed by atoms with van der Waals surface area (Å²) in [7, 11) is 3.22. The SMILES string of the molecule is COc1ccc(OC)c(C=Cc2ccc(NC(=O)C(Cl)(Cl)Cl)cc2)c1. The van der Waals surface area contributed by atoms with Crippen molar-refractivity contribution < 1.29 is 14.3 Å². The molecule has 0 bridgehead atoms. The zero-order valence-electron chi connectivity index (χ0n) is 13.6. The van der Waals surface area contributed by atoms with E-state index in [1.807, 2.05) is 42.5 Å². The van der Waals surface area contributed by atoms with Gasteiger partial charge in [0.15, 0.2) is 0 Å². The molecule has 0 heterocycles. The van der Waals surface area contributed by atoms with Crippen LogP contribution < -0.4 is 14.8 Å². The number of rotatable bonds is 5. The molecule has 0 atom stereocenters. The summed E-state index contributed by atoms with van der Waals surface area (Å²) >= 11 is 16.6. The summed E-state index contributed by atoms with van der Waals surface area (Å²) in [5.74, 6) is 0.774. The fourth-order valence-electron chi connectivity index (χ4n) is 2.04. The van der Waals surface area contributed by atoms with Crippen LogP contribution in [0, 0.1) is 0 Å². The number of ether oxygens (including phenoxy) is 2. The Hall–Kier alpha value is -1.88. The van der Waals surface area contributed by atoms with Crippen molar-refractivity contribution in [3.63, 3.8) is 0 Å². The molecule has 0 fully saturated rings. The molecular formula is C18H16Cl3NO3. The van der Waals surface area contributed by atoms with Gasteiger partial charge in [-0.1, -0.05) is 59.1 Å². The Morgan fingerprint density at radius 2 is 1.68 bits per heavy atom. The molecule has 1 N–H and O–H groups in total. The van der Waals surface area contributed by atoms with Crippen LogP contribution in [0.4, 0.5) is 5.69 Å². The number of carbonyl (C=O) groups is 1. The number of hydrogen-bond donors (Lipinski definition) is 1. The van der Waals surface area contributed by atoms with Gasteiger partial charge in [-0.2, -0.15) is 0 Å². The van der Waals surface area contributed by atoms with E-state index in [9.17, 15) is 4.79 Å². The number of halogens is 3. The first kappa shape index (κ1) is 19.4. The molecule has 0 saturated carbocycles. The van der Waals surface area contributed by atoms with Gasteiger partial charge in [-0.15, -0.1) is 0 Å². The van der Waals surface area contributed by atoms with Crippen LogP contribution in [0.3, 0.4) is 0 Å². The largest absolute Gasteiger partial charge is 0.497 e. The lowest BCUT2D eigenvalue weighted by Crippen LogP contribution is -2.26. The quantitative estimate of drug-likeness (QED) is 0.555. The molecule has 0 spiro atoms. The maximum Gasteiger partial charge on any atom is 0.276 e. The second kappa shape index (κ2) is 8.48. The third-order valence-corrected chi connectivity index (χ3v) is 3.83. The summed E-state index contributed by atoms with van der Waals surface area (Å²) in [4.78, 5) is 11.6. The minimum absolute atomic E-state index is 0.535. The number of benzene rings is 2. The molecule has 2 aromatic carbocycles. The van der Waals surface area contributed by atoms with Gasteiger partial charge in [0, 0.05) is 11.3 Å². The normalized spacial score (nSPS) is 11.4. The van der Waals surface area contributed by atoms with E-state index in [1.165, 1.54) is 0 Å². The van der Waals surface area contributed by atoms with Crippen LogP contribution in [-0.2, 0) is 4.79 Å². The van der Waals surface area contributed by atoms with E-state index in [0.717, 1.165) is 22.6 Å². The van der Waals surface area contributed by atoms with E-state index in [-0.39, 0.29) is 0 Å². The van der Waals surface area contributed by atoms with Gasteiger partial charge < -0.3 is 14.8 Å². The Balaban J connectivity index is 2.13. The van der Waals surface area contributed by atoms with Gasteiger partial charge in [0.05, 0.1) is 14.2 Å². The van der Waals surface area contributed by atoms with Crippen LogP contribution >= 0.6 is 34.8 Å². The van der Waals surface area contributed by atoms with Gasteiger partial charge in [0.25, 0.3) is 9.70 Å². The predicted molar refractivity (Wildman–Crippen MR) is 104 cm³/mol. The predicted octanol–water partition coefficient (Wildman–Crippen LogP) is 5.18. The molecule has 0 unspecified atom stereocenters. The van der Waals surface area contributed by atoms with Crippen molar-refractivity contribution in [3.8, 4) is 11.5 Å². The summed E-state index contributed by atoms with van der Waals surface area (Å²) in [5.41, 5.74) is 2.35. The molecule has 132 valence electrons. The Bertz CT molecular complexity index is 768. The number of carbonyl (C=O) groups excluding carboxylic acids is 1. The molecule has 0 radical (unpaired) electrons. The lowest BCUT2D eigenvalue weighted by molar-refractivity contribution is -0.115. The molecule has 2 rings (SSSR count). The highest BCUT2D eigenvalue weighted by Crippen LogP contribution is 2.28. The van der Waals surface area contributed by atoms with Crippen molar-refractivity contribution in [2.24, 2.45) is 0 Å². The highest BCUT2D eigenvalue weighted by molar-refractivity contribution is 6.76. The maximum atomic E-state index is 11.6. The molecule has 7 heteroatoms. The third kappa shape index (κ3) is 5.56. The van der Waals surface area contributed by atoms with Crippen molar-refractivity contribution in [2.75, 3.05) is 19.5 Å². The number of anilines is 1. The van der Waals surface area contributed by atoms with Crippen LogP contribution in [-0.4, -0.2) is 23.9 Å². The van der Waals surface area contributed by atoms with Crippen LogP contribution in [0.25, 0.3) is 12.2 Å². The molecule has 0 saturated heterocycles. The smallest absolute Gasteiger partial charge is 0.276 e. The Morgan fingerprint density at radius 3 is 2.24 bits per heavy atom. The maximum absolute atomic E-state index is 11.6. The number of nitrogens with one attached hydrogen (secondary N) is 1. The van der Waals surface area contributed by atoms with E-state index < -0.39 is 9.70 Å². The average molecular weight is 401 g/mol. The fraction of sp³-hybridized carbons (Fsp3) is 0.167. The molecule has 2 aromatic rings. The fourth-order valence-corrected chi connectivity index (χ4v) is 2.18. The average Bonchev–Trinajstić information content (AvgIpc) is 2.60. The first-order valence-electron chi connectivity index (χ1n) is 7.22. The van der Waals surface area contributed by atoms with Gasteiger partial charge in [-0.25, -0.2) is 0 Å².